The molecule has 0 saturated heterocycles. The van der Waals surface area contributed by atoms with Crippen molar-refractivity contribution in [3.8, 4) is 0 Å². The van der Waals surface area contributed by atoms with E-state index in [4.69, 9.17) is 0 Å². The van der Waals surface area contributed by atoms with Crippen LogP contribution >= 0.6 is 0 Å². The highest BCUT2D eigenvalue weighted by molar-refractivity contribution is 6.08. The Bertz CT molecular complexity index is 970. The van der Waals surface area contributed by atoms with Gasteiger partial charge in [-0.1, -0.05) is 24.3 Å². The van der Waals surface area contributed by atoms with Crippen molar-refractivity contribution < 1.29 is 13.6 Å². The van der Waals surface area contributed by atoms with Gasteiger partial charge in [0.15, 0.2) is 0 Å². The molecular formula is C20H15F2N3O. The van der Waals surface area contributed by atoms with Crippen molar-refractivity contribution in [2.75, 3.05) is 16.8 Å². The zero-order valence-electron chi connectivity index (χ0n) is 13.7. The number of benzene rings is 2. The van der Waals surface area contributed by atoms with Gasteiger partial charge in [-0.2, -0.15) is 0 Å². The fourth-order valence-corrected chi connectivity index (χ4v) is 3.15. The van der Waals surface area contributed by atoms with E-state index in [1.54, 1.807) is 18.3 Å². The van der Waals surface area contributed by atoms with Crippen LogP contribution in [0.3, 0.4) is 0 Å². The molecule has 1 N–H and O–H groups in total. The zero-order valence-corrected chi connectivity index (χ0v) is 13.7. The lowest BCUT2D eigenvalue weighted by atomic mass is 10.1. The van der Waals surface area contributed by atoms with Crippen molar-refractivity contribution in [2.24, 2.45) is 0 Å². The first-order valence-corrected chi connectivity index (χ1v) is 8.21. The van der Waals surface area contributed by atoms with Gasteiger partial charge >= 0.3 is 0 Å². The molecule has 6 heteroatoms. The number of carbonyl (C=O) groups is 1. The van der Waals surface area contributed by atoms with Gasteiger partial charge in [-0.05, 0) is 42.3 Å². The molecule has 0 atom stereocenters. The fourth-order valence-electron chi connectivity index (χ4n) is 3.15. The maximum atomic E-state index is 13.8. The molecule has 0 fully saturated rings. The summed E-state index contributed by atoms with van der Waals surface area (Å²) in [6.07, 6.45) is 2.44. The van der Waals surface area contributed by atoms with Crippen LogP contribution in [0.25, 0.3) is 0 Å². The van der Waals surface area contributed by atoms with Crippen LogP contribution in [0.15, 0.2) is 60.8 Å². The average molecular weight is 351 g/mol. The van der Waals surface area contributed by atoms with Gasteiger partial charge in [0.25, 0.3) is 5.91 Å². The number of pyridine rings is 1. The van der Waals surface area contributed by atoms with Gasteiger partial charge < -0.3 is 10.2 Å². The topological polar surface area (TPSA) is 45.2 Å². The molecule has 130 valence electrons. The normalized spacial score (nSPS) is 12.8. The Kier molecular flexibility index (Phi) is 4.08. The Morgan fingerprint density at radius 1 is 1.00 bits per heavy atom. The molecule has 2 aromatic carbocycles. The number of carbonyl (C=O) groups excluding carboxylic acids is 1. The number of hydrogen-bond acceptors (Lipinski definition) is 3. The number of halogens is 2. The van der Waals surface area contributed by atoms with E-state index in [1.165, 1.54) is 11.6 Å². The molecule has 0 spiro atoms. The lowest BCUT2D eigenvalue weighted by Gasteiger charge is -2.21. The highest BCUT2D eigenvalue weighted by atomic mass is 19.1. The Labute approximate surface area is 149 Å². The van der Waals surface area contributed by atoms with Crippen molar-refractivity contribution in [3.63, 3.8) is 0 Å². The molecule has 0 saturated carbocycles. The Balaban J connectivity index is 1.70. The van der Waals surface area contributed by atoms with E-state index < -0.39 is 23.2 Å². The number of nitrogens with zero attached hydrogens (tertiary/aromatic N) is 2. The smallest absolute Gasteiger partial charge is 0.259 e. The van der Waals surface area contributed by atoms with E-state index in [9.17, 15) is 13.6 Å². The van der Waals surface area contributed by atoms with Crippen LogP contribution in [0, 0.1) is 11.6 Å². The molecule has 4 nitrogen and oxygen atoms in total. The zero-order chi connectivity index (χ0) is 18.1. The summed E-state index contributed by atoms with van der Waals surface area (Å²) < 4.78 is 27.7. The van der Waals surface area contributed by atoms with Crippen molar-refractivity contribution >= 4 is 23.1 Å². The first kappa shape index (κ1) is 16.2. The second kappa shape index (κ2) is 6.55. The minimum absolute atomic E-state index is 0.256. The second-order valence-corrected chi connectivity index (χ2v) is 5.96. The largest absolute Gasteiger partial charge is 0.325 e. The van der Waals surface area contributed by atoms with Crippen molar-refractivity contribution in [3.05, 3.63) is 83.6 Å². The van der Waals surface area contributed by atoms with E-state index in [-0.39, 0.29) is 5.56 Å². The molecule has 4 rings (SSSR count). The number of fused-ring (bicyclic) bond motifs is 1. The quantitative estimate of drug-likeness (QED) is 0.765. The summed E-state index contributed by atoms with van der Waals surface area (Å²) in [5.74, 6) is -1.79. The van der Waals surface area contributed by atoms with Crippen LogP contribution in [-0.2, 0) is 6.42 Å². The molecule has 0 aliphatic carbocycles. The minimum Gasteiger partial charge on any atom is -0.325 e. The monoisotopic (exact) mass is 351 g/mol. The summed E-state index contributed by atoms with van der Waals surface area (Å²) in [5.41, 5.74) is 1.95. The van der Waals surface area contributed by atoms with E-state index in [0.717, 1.165) is 24.2 Å². The van der Waals surface area contributed by atoms with Crippen LogP contribution in [0.2, 0.25) is 0 Å². The number of hydrogen-bond donors (Lipinski definition) is 1. The summed E-state index contributed by atoms with van der Waals surface area (Å²) in [4.78, 5) is 19.0. The number of anilines is 3. The Morgan fingerprint density at radius 3 is 2.58 bits per heavy atom. The van der Waals surface area contributed by atoms with Gasteiger partial charge in [0.2, 0.25) is 0 Å². The molecule has 1 aliphatic heterocycles. The van der Waals surface area contributed by atoms with Crippen LogP contribution in [0.5, 0.6) is 0 Å². The number of aromatic nitrogens is 1. The predicted octanol–water partition coefficient (Wildman–Crippen LogP) is 4.31. The number of amides is 1. The molecule has 0 unspecified atom stereocenters. The van der Waals surface area contributed by atoms with E-state index in [2.05, 4.69) is 10.3 Å². The van der Waals surface area contributed by atoms with E-state index in [0.29, 0.717) is 12.4 Å². The third-order valence-electron chi connectivity index (χ3n) is 4.38. The fraction of sp³-hybridized carbons (Fsp3) is 0.100. The van der Waals surface area contributed by atoms with Gasteiger partial charge in [-0.15, -0.1) is 0 Å². The number of rotatable bonds is 3. The van der Waals surface area contributed by atoms with Gasteiger partial charge in [-0.25, -0.2) is 13.8 Å². The van der Waals surface area contributed by atoms with Gasteiger partial charge in [0.05, 0.1) is 5.56 Å². The standard InChI is InChI=1S/C20H15F2N3O/c21-15-7-3-8-16(22)18(15)24-20(26)14-6-4-11-23-19(14)25-12-10-13-5-1-2-9-17(13)25/h1-9,11H,10,12H2,(H,24,26). The van der Waals surface area contributed by atoms with Crippen LogP contribution < -0.4 is 10.2 Å². The molecule has 0 bridgehead atoms. The highest BCUT2D eigenvalue weighted by Crippen LogP contribution is 2.35. The summed E-state index contributed by atoms with van der Waals surface area (Å²) in [6, 6.07) is 14.6. The lowest BCUT2D eigenvalue weighted by Crippen LogP contribution is -2.22. The molecule has 3 aromatic rings. The first-order chi connectivity index (χ1) is 12.6. The van der Waals surface area contributed by atoms with Gasteiger partial charge in [0, 0.05) is 18.4 Å². The Morgan fingerprint density at radius 2 is 1.77 bits per heavy atom. The Hall–Kier alpha value is -3.28. The van der Waals surface area contributed by atoms with Crippen molar-refractivity contribution in [2.45, 2.75) is 6.42 Å². The van der Waals surface area contributed by atoms with E-state index >= 15 is 0 Å². The molecular weight excluding hydrogens is 336 g/mol. The van der Waals surface area contributed by atoms with Crippen molar-refractivity contribution in [1.82, 2.24) is 4.98 Å². The molecule has 0 radical (unpaired) electrons. The van der Waals surface area contributed by atoms with Gasteiger partial charge in [-0.3, -0.25) is 4.79 Å². The third-order valence-corrected chi connectivity index (χ3v) is 4.38. The van der Waals surface area contributed by atoms with Crippen LogP contribution in [0.1, 0.15) is 15.9 Å². The maximum Gasteiger partial charge on any atom is 0.259 e. The number of para-hydroxylation sites is 2. The average Bonchev–Trinajstić information content (AvgIpc) is 3.09. The highest BCUT2D eigenvalue weighted by Gasteiger charge is 2.25. The SMILES string of the molecule is O=C(Nc1c(F)cccc1F)c1cccnc1N1CCc2ccccc21. The van der Waals surface area contributed by atoms with Crippen LogP contribution in [0.4, 0.5) is 26.0 Å². The minimum atomic E-state index is -0.824. The van der Waals surface area contributed by atoms with Crippen LogP contribution in [-0.4, -0.2) is 17.4 Å². The third kappa shape index (κ3) is 2.79. The molecule has 1 amide bonds. The molecule has 26 heavy (non-hydrogen) atoms. The maximum absolute atomic E-state index is 13.8. The second-order valence-electron chi connectivity index (χ2n) is 5.96. The summed E-state index contributed by atoms with van der Waals surface area (Å²) in [5, 5.41) is 2.33. The first-order valence-electron chi connectivity index (χ1n) is 8.21. The summed E-state index contributed by atoms with van der Waals surface area (Å²) in [6.45, 7) is 0.685. The van der Waals surface area contributed by atoms with Crippen molar-refractivity contribution in [1.29, 1.82) is 0 Å². The number of nitrogens with one attached hydrogen (secondary N) is 1. The predicted molar refractivity (Wildman–Crippen MR) is 95.7 cm³/mol. The molecule has 2 heterocycles. The summed E-state index contributed by atoms with van der Waals surface area (Å²) in [7, 11) is 0. The molecule has 1 aliphatic rings. The lowest BCUT2D eigenvalue weighted by molar-refractivity contribution is 0.102. The molecule has 1 aromatic heterocycles. The van der Waals surface area contributed by atoms with Gasteiger partial charge in [0.1, 0.15) is 23.1 Å². The van der Waals surface area contributed by atoms with E-state index in [1.807, 2.05) is 29.2 Å². The summed E-state index contributed by atoms with van der Waals surface area (Å²) >= 11 is 0.